The first-order valence-corrected chi connectivity index (χ1v) is 5.68. The second-order valence-corrected chi connectivity index (χ2v) is 4.93. The predicted octanol–water partition coefficient (Wildman–Crippen LogP) is 0.901. The first-order valence-electron chi connectivity index (χ1n) is 5.68. The summed E-state index contributed by atoms with van der Waals surface area (Å²) in [6.45, 7) is 6.19. The Morgan fingerprint density at radius 3 is 2.79 bits per heavy atom. The molecule has 1 aliphatic heterocycles. The Morgan fingerprint density at radius 1 is 1.36 bits per heavy atom. The maximum atomic E-state index is 11.9. The van der Waals surface area contributed by atoms with Gasteiger partial charge in [0.25, 0.3) is 0 Å². The zero-order valence-corrected chi connectivity index (χ0v) is 9.10. The molecule has 0 aromatic heterocycles. The lowest BCUT2D eigenvalue weighted by Gasteiger charge is -2.46. The summed E-state index contributed by atoms with van der Waals surface area (Å²) in [5.74, 6) is 1.46. The van der Waals surface area contributed by atoms with E-state index < -0.39 is 0 Å². The van der Waals surface area contributed by atoms with Gasteiger partial charge in [0.2, 0.25) is 5.91 Å². The molecule has 3 unspecified atom stereocenters. The van der Waals surface area contributed by atoms with Crippen molar-refractivity contribution >= 4 is 5.91 Å². The van der Waals surface area contributed by atoms with E-state index in [0.717, 1.165) is 25.4 Å². The predicted molar refractivity (Wildman–Crippen MR) is 55.9 cm³/mol. The zero-order chi connectivity index (χ0) is 10.2. The van der Waals surface area contributed by atoms with Gasteiger partial charge >= 0.3 is 0 Å². The highest BCUT2D eigenvalue weighted by Crippen LogP contribution is 2.37. The van der Waals surface area contributed by atoms with Crippen LogP contribution in [0.15, 0.2) is 0 Å². The average Bonchev–Trinajstić information content (AvgIpc) is 2.15. The summed E-state index contributed by atoms with van der Waals surface area (Å²) in [6, 6.07) is 0. The van der Waals surface area contributed by atoms with Gasteiger partial charge in [-0.2, -0.15) is 0 Å². The molecule has 3 atom stereocenters. The van der Waals surface area contributed by atoms with Gasteiger partial charge in [0.05, 0.1) is 0 Å². The fourth-order valence-electron chi connectivity index (χ4n) is 2.94. The summed E-state index contributed by atoms with van der Waals surface area (Å²) in [6.07, 6.45) is 3.34. The third kappa shape index (κ3) is 1.44. The van der Waals surface area contributed by atoms with Crippen molar-refractivity contribution in [1.29, 1.82) is 0 Å². The van der Waals surface area contributed by atoms with Crippen LogP contribution in [0.4, 0.5) is 0 Å². The van der Waals surface area contributed by atoms with Gasteiger partial charge in [-0.05, 0) is 31.1 Å². The normalized spacial score (nSPS) is 43.7. The molecule has 0 aromatic rings. The lowest BCUT2D eigenvalue weighted by Crippen LogP contribution is -2.67. The van der Waals surface area contributed by atoms with Crippen LogP contribution in [-0.4, -0.2) is 24.5 Å². The monoisotopic (exact) mass is 196 g/mol. The second kappa shape index (κ2) is 3.54. The van der Waals surface area contributed by atoms with E-state index in [9.17, 15) is 4.79 Å². The van der Waals surface area contributed by atoms with E-state index in [1.54, 1.807) is 0 Å². The Kier molecular flexibility index (Phi) is 2.52. The van der Waals surface area contributed by atoms with Crippen LogP contribution in [0.5, 0.6) is 0 Å². The molecule has 2 rings (SSSR count). The number of amides is 1. The fraction of sp³-hybridized carbons (Fsp3) is 0.909. The summed E-state index contributed by atoms with van der Waals surface area (Å²) in [5, 5.41) is 6.43. The van der Waals surface area contributed by atoms with E-state index in [2.05, 4.69) is 24.5 Å². The number of nitrogens with one attached hydrogen (secondary N) is 2. The first kappa shape index (κ1) is 9.97. The summed E-state index contributed by atoms with van der Waals surface area (Å²) in [5.41, 5.74) is -0.245. The van der Waals surface area contributed by atoms with Crippen molar-refractivity contribution in [3.63, 3.8) is 0 Å². The molecule has 1 saturated carbocycles. The van der Waals surface area contributed by atoms with Crippen molar-refractivity contribution in [2.75, 3.05) is 13.1 Å². The van der Waals surface area contributed by atoms with E-state index in [0.29, 0.717) is 5.92 Å². The molecule has 2 aliphatic rings. The molecule has 3 heteroatoms. The van der Waals surface area contributed by atoms with E-state index in [1.807, 2.05) is 0 Å². The molecule has 1 heterocycles. The van der Waals surface area contributed by atoms with Crippen molar-refractivity contribution in [3.05, 3.63) is 0 Å². The van der Waals surface area contributed by atoms with Crippen LogP contribution in [0.1, 0.15) is 33.1 Å². The molecule has 1 saturated heterocycles. The quantitative estimate of drug-likeness (QED) is 0.604. The lowest BCUT2D eigenvalue weighted by molar-refractivity contribution is -0.133. The standard InChI is InChI=1S/C11H20N2O/c1-8-3-4-11(9(2)7-8)10(14)12-5-6-13-11/h8-9,13H,3-7H2,1-2H3,(H,12,14). The number of piperazine rings is 1. The number of rotatable bonds is 0. The Labute approximate surface area is 85.6 Å². The van der Waals surface area contributed by atoms with Gasteiger partial charge in [0.1, 0.15) is 5.54 Å². The molecule has 1 amide bonds. The summed E-state index contributed by atoms with van der Waals surface area (Å²) < 4.78 is 0. The molecule has 80 valence electrons. The molecule has 0 bridgehead atoms. The van der Waals surface area contributed by atoms with Crippen LogP contribution in [0.3, 0.4) is 0 Å². The highest BCUT2D eigenvalue weighted by molar-refractivity contribution is 5.87. The summed E-state index contributed by atoms with van der Waals surface area (Å²) in [7, 11) is 0. The van der Waals surface area contributed by atoms with Gasteiger partial charge in [0, 0.05) is 13.1 Å². The molecule has 2 fully saturated rings. The Balaban J connectivity index is 2.16. The minimum atomic E-state index is -0.245. The van der Waals surface area contributed by atoms with Crippen LogP contribution in [0.2, 0.25) is 0 Å². The SMILES string of the molecule is CC1CCC2(NCCNC2=O)C(C)C1. The van der Waals surface area contributed by atoms with Crippen molar-refractivity contribution in [3.8, 4) is 0 Å². The van der Waals surface area contributed by atoms with Gasteiger partial charge in [0.15, 0.2) is 0 Å². The topological polar surface area (TPSA) is 41.1 Å². The Bertz CT molecular complexity index is 241. The fourth-order valence-corrected chi connectivity index (χ4v) is 2.94. The van der Waals surface area contributed by atoms with Crippen LogP contribution in [0, 0.1) is 11.8 Å². The molecule has 0 radical (unpaired) electrons. The van der Waals surface area contributed by atoms with Crippen LogP contribution < -0.4 is 10.6 Å². The number of hydrogen-bond donors (Lipinski definition) is 2. The van der Waals surface area contributed by atoms with Crippen molar-refractivity contribution < 1.29 is 4.79 Å². The third-order valence-electron chi connectivity index (χ3n) is 3.88. The highest BCUT2D eigenvalue weighted by atomic mass is 16.2. The Morgan fingerprint density at radius 2 is 2.14 bits per heavy atom. The molecular weight excluding hydrogens is 176 g/mol. The van der Waals surface area contributed by atoms with Gasteiger partial charge in [-0.1, -0.05) is 13.8 Å². The van der Waals surface area contributed by atoms with Crippen molar-refractivity contribution in [2.24, 2.45) is 11.8 Å². The maximum absolute atomic E-state index is 11.9. The van der Waals surface area contributed by atoms with E-state index in [4.69, 9.17) is 0 Å². The van der Waals surface area contributed by atoms with Gasteiger partial charge in [-0.25, -0.2) is 0 Å². The van der Waals surface area contributed by atoms with Gasteiger partial charge < -0.3 is 10.6 Å². The highest BCUT2D eigenvalue weighted by Gasteiger charge is 2.47. The van der Waals surface area contributed by atoms with Gasteiger partial charge in [-0.15, -0.1) is 0 Å². The Hall–Kier alpha value is -0.570. The van der Waals surface area contributed by atoms with Crippen LogP contribution in [-0.2, 0) is 4.79 Å². The van der Waals surface area contributed by atoms with E-state index >= 15 is 0 Å². The first-order chi connectivity index (χ1) is 6.65. The molecule has 1 spiro atoms. The zero-order valence-electron chi connectivity index (χ0n) is 9.10. The van der Waals surface area contributed by atoms with Crippen LogP contribution >= 0.6 is 0 Å². The third-order valence-corrected chi connectivity index (χ3v) is 3.88. The van der Waals surface area contributed by atoms with Crippen molar-refractivity contribution in [2.45, 2.75) is 38.6 Å². The molecule has 3 nitrogen and oxygen atoms in total. The average molecular weight is 196 g/mol. The van der Waals surface area contributed by atoms with E-state index in [-0.39, 0.29) is 11.4 Å². The molecular formula is C11H20N2O. The largest absolute Gasteiger partial charge is 0.353 e. The maximum Gasteiger partial charge on any atom is 0.240 e. The lowest BCUT2D eigenvalue weighted by atomic mass is 9.69. The minimum absolute atomic E-state index is 0.225. The number of carbonyl (C=O) groups is 1. The molecule has 14 heavy (non-hydrogen) atoms. The smallest absolute Gasteiger partial charge is 0.240 e. The molecule has 0 aromatic carbocycles. The number of hydrogen-bond acceptors (Lipinski definition) is 2. The van der Waals surface area contributed by atoms with Crippen molar-refractivity contribution in [1.82, 2.24) is 10.6 Å². The second-order valence-electron chi connectivity index (χ2n) is 4.93. The number of carbonyl (C=O) groups excluding carboxylic acids is 1. The van der Waals surface area contributed by atoms with Crippen LogP contribution in [0.25, 0.3) is 0 Å². The summed E-state index contributed by atoms with van der Waals surface area (Å²) >= 11 is 0. The molecule has 2 N–H and O–H groups in total. The van der Waals surface area contributed by atoms with E-state index in [1.165, 1.54) is 12.8 Å². The van der Waals surface area contributed by atoms with Gasteiger partial charge in [-0.3, -0.25) is 4.79 Å². The summed E-state index contributed by atoms with van der Waals surface area (Å²) in [4.78, 5) is 11.9. The minimum Gasteiger partial charge on any atom is -0.353 e. The molecule has 1 aliphatic carbocycles.